The van der Waals surface area contributed by atoms with Crippen LogP contribution in [0.3, 0.4) is 0 Å². The van der Waals surface area contributed by atoms with Gasteiger partial charge in [-0.1, -0.05) is 0 Å². The first kappa shape index (κ1) is 8.63. The lowest BCUT2D eigenvalue weighted by Gasteiger charge is -2.26. The van der Waals surface area contributed by atoms with Gasteiger partial charge in [-0.25, -0.2) is 9.97 Å². The lowest BCUT2D eigenvalue weighted by Crippen LogP contribution is -2.43. The molecule has 2 heterocycles. The zero-order valence-electron chi connectivity index (χ0n) is 8.17. The molecular formula is C10H15N3. The van der Waals surface area contributed by atoms with Crippen molar-refractivity contribution in [1.82, 2.24) is 15.3 Å². The highest BCUT2D eigenvalue weighted by Crippen LogP contribution is 2.10. The molecule has 1 aliphatic heterocycles. The predicted molar refractivity (Wildman–Crippen MR) is 51.6 cm³/mol. The zero-order chi connectivity index (χ0) is 9.26. The van der Waals surface area contributed by atoms with Crippen molar-refractivity contribution in [3.8, 4) is 0 Å². The van der Waals surface area contributed by atoms with Crippen LogP contribution in [0.5, 0.6) is 0 Å². The number of nitrogens with one attached hydrogen (secondary N) is 1. The molecule has 1 aromatic heterocycles. The van der Waals surface area contributed by atoms with Gasteiger partial charge >= 0.3 is 0 Å². The largest absolute Gasteiger partial charge is 0.316 e. The third-order valence-electron chi connectivity index (χ3n) is 2.37. The van der Waals surface area contributed by atoms with Gasteiger partial charge < -0.3 is 5.32 Å². The van der Waals surface area contributed by atoms with Gasteiger partial charge in [0, 0.05) is 17.8 Å². The van der Waals surface area contributed by atoms with Crippen LogP contribution >= 0.6 is 0 Å². The Labute approximate surface area is 78.6 Å². The fourth-order valence-corrected chi connectivity index (χ4v) is 1.64. The van der Waals surface area contributed by atoms with Gasteiger partial charge in [-0.3, -0.25) is 0 Å². The van der Waals surface area contributed by atoms with Crippen molar-refractivity contribution in [2.24, 2.45) is 5.92 Å². The lowest BCUT2D eigenvalue weighted by molar-refractivity contribution is 0.340. The van der Waals surface area contributed by atoms with Crippen molar-refractivity contribution in [2.45, 2.75) is 20.3 Å². The molecule has 0 saturated carbocycles. The van der Waals surface area contributed by atoms with Gasteiger partial charge in [0.25, 0.3) is 0 Å². The molecule has 0 atom stereocenters. The second-order valence-electron chi connectivity index (χ2n) is 3.80. The van der Waals surface area contributed by atoms with E-state index < -0.39 is 0 Å². The molecule has 13 heavy (non-hydrogen) atoms. The Morgan fingerprint density at radius 1 is 1.31 bits per heavy atom. The van der Waals surface area contributed by atoms with E-state index >= 15 is 0 Å². The molecule has 1 aliphatic rings. The van der Waals surface area contributed by atoms with Crippen LogP contribution in [0, 0.1) is 19.8 Å². The van der Waals surface area contributed by atoms with Crippen molar-refractivity contribution in [2.75, 3.05) is 13.1 Å². The summed E-state index contributed by atoms with van der Waals surface area (Å²) in [5, 5.41) is 3.26. The summed E-state index contributed by atoms with van der Waals surface area (Å²) >= 11 is 0. The average Bonchev–Trinajstić information content (AvgIpc) is 1.95. The number of aryl methyl sites for hydroxylation is 2. The summed E-state index contributed by atoms with van der Waals surface area (Å²) < 4.78 is 0. The fourth-order valence-electron chi connectivity index (χ4n) is 1.64. The molecule has 0 bridgehead atoms. The molecule has 1 N–H and O–H groups in total. The second-order valence-corrected chi connectivity index (χ2v) is 3.80. The van der Waals surface area contributed by atoms with Crippen LogP contribution < -0.4 is 5.32 Å². The Kier molecular flexibility index (Phi) is 2.27. The molecular weight excluding hydrogens is 162 g/mol. The molecule has 70 valence electrons. The minimum Gasteiger partial charge on any atom is -0.316 e. The number of aromatic nitrogens is 2. The van der Waals surface area contributed by atoms with Gasteiger partial charge in [-0.2, -0.15) is 0 Å². The zero-order valence-corrected chi connectivity index (χ0v) is 8.17. The van der Waals surface area contributed by atoms with E-state index in [9.17, 15) is 0 Å². The Balaban J connectivity index is 2.10. The fraction of sp³-hybridized carbons (Fsp3) is 0.600. The van der Waals surface area contributed by atoms with Crippen molar-refractivity contribution >= 4 is 0 Å². The molecule has 2 rings (SSSR count). The Morgan fingerprint density at radius 2 is 1.92 bits per heavy atom. The minimum absolute atomic E-state index is 0.751. The summed E-state index contributed by atoms with van der Waals surface area (Å²) in [5.41, 5.74) is 2.16. The van der Waals surface area contributed by atoms with Crippen LogP contribution in [0.4, 0.5) is 0 Å². The van der Waals surface area contributed by atoms with E-state index in [0.717, 1.165) is 42.6 Å². The predicted octanol–water partition coefficient (Wildman–Crippen LogP) is 0.855. The minimum atomic E-state index is 0.751. The standard InChI is InChI=1S/C10H15N3/c1-7-3-8(2)13-10(12-7)4-9-5-11-6-9/h3,9,11H,4-6H2,1-2H3. The van der Waals surface area contributed by atoms with Gasteiger partial charge in [0.05, 0.1) is 0 Å². The molecule has 3 nitrogen and oxygen atoms in total. The SMILES string of the molecule is Cc1cc(C)nc(CC2CNC2)n1. The summed E-state index contributed by atoms with van der Waals surface area (Å²) in [6, 6.07) is 2.02. The van der Waals surface area contributed by atoms with Crippen molar-refractivity contribution < 1.29 is 0 Å². The number of nitrogens with zero attached hydrogens (tertiary/aromatic N) is 2. The molecule has 0 aromatic carbocycles. The Hall–Kier alpha value is -0.960. The van der Waals surface area contributed by atoms with Crippen LogP contribution in [0.15, 0.2) is 6.07 Å². The van der Waals surface area contributed by atoms with E-state index in [4.69, 9.17) is 0 Å². The summed E-state index contributed by atoms with van der Waals surface area (Å²) in [5.74, 6) is 1.75. The molecule has 0 radical (unpaired) electrons. The third kappa shape index (κ3) is 2.04. The van der Waals surface area contributed by atoms with Gasteiger partial charge in [0.1, 0.15) is 5.82 Å². The normalized spacial score (nSPS) is 17.1. The third-order valence-corrected chi connectivity index (χ3v) is 2.37. The highest BCUT2D eigenvalue weighted by Gasteiger charge is 2.18. The van der Waals surface area contributed by atoms with Crippen molar-refractivity contribution in [3.63, 3.8) is 0 Å². The molecule has 3 heteroatoms. The van der Waals surface area contributed by atoms with Crippen LogP contribution in [-0.2, 0) is 6.42 Å². The van der Waals surface area contributed by atoms with E-state index in [2.05, 4.69) is 15.3 Å². The number of hydrogen-bond acceptors (Lipinski definition) is 3. The number of rotatable bonds is 2. The van der Waals surface area contributed by atoms with E-state index in [0.29, 0.717) is 0 Å². The second kappa shape index (κ2) is 3.42. The summed E-state index contributed by atoms with van der Waals surface area (Å²) in [7, 11) is 0. The maximum Gasteiger partial charge on any atom is 0.129 e. The van der Waals surface area contributed by atoms with E-state index in [-0.39, 0.29) is 0 Å². The molecule has 0 unspecified atom stereocenters. The smallest absolute Gasteiger partial charge is 0.129 e. The van der Waals surface area contributed by atoms with E-state index in [1.54, 1.807) is 0 Å². The first-order valence-electron chi connectivity index (χ1n) is 4.76. The van der Waals surface area contributed by atoms with Gasteiger partial charge in [0.2, 0.25) is 0 Å². The first-order chi connectivity index (χ1) is 6.24. The quantitative estimate of drug-likeness (QED) is 0.728. The monoisotopic (exact) mass is 177 g/mol. The van der Waals surface area contributed by atoms with Gasteiger partial charge in [0.15, 0.2) is 0 Å². The molecule has 1 fully saturated rings. The van der Waals surface area contributed by atoms with E-state index in [1.807, 2.05) is 19.9 Å². The maximum atomic E-state index is 4.42. The van der Waals surface area contributed by atoms with Crippen molar-refractivity contribution in [1.29, 1.82) is 0 Å². The molecule has 0 aliphatic carbocycles. The van der Waals surface area contributed by atoms with Crippen molar-refractivity contribution in [3.05, 3.63) is 23.3 Å². The van der Waals surface area contributed by atoms with Crippen LogP contribution in [0.1, 0.15) is 17.2 Å². The summed E-state index contributed by atoms with van der Waals surface area (Å²) in [6.45, 7) is 6.29. The summed E-state index contributed by atoms with van der Waals surface area (Å²) in [6.07, 6.45) is 1.02. The van der Waals surface area contributed by atoms with Crippen LogP contribution in [0.2, 0.25) is 0 Å². The molecule has 0 spiro atoms. The maximum absolute atomic E-state index is 4.42. The van der Waals surface area contributed by atoms with Crippen LogP contribution in [-0.4, -0.2) is 23.1 Å². The topological polar surface area (TPSA) is 37.8 Å². The molecule has 1 aromatic rings. The van der Waals surface area contributed by atoms with Crippen LogP contribution in [0.25, 0.3) is 0 Å². The Morgan fingerprint density at radius 3 is 2.38 bits per heavy atom. The first-order valence-corrected chi connectivity index (χ1v) is 4.76. The number of hydrogen-bond donors (Lipinski definition) is 1. The van der Waals surface area contributed by atoms with Gasteiger partial charge in [-0.05, 0) is 38.9 Å². The molecule has 0 amide bonds. The highest BCUT2D eigenvalue weighted by molar-refractivity contribution is 5.09. The molecule has 1 saturated heterocycles. The lowest BCUT2D eigenvalue weighted by atomic mass is 9.99. The Bertz CT molecular complexity index is 285. The highest BCUT2D eigenvalue weighted by atomic mass is 15.0. The summed E-state index contributed by atoms with van der Waals surface area (Å²) in [4.78, 5) is 8.83. The van der Waals surface area contributed by atoms with Gasteiger partial charge in [-0.15, -0.1) is 0 Å². The average molecular weight is 177 g/mol. The van der Waals surface area contributed by atoms with E-state index in [1.165, 1.54) is 0 Å².